The average molecular weight is 250 g/mol. The van der Waals surface area contributed by atoms with Crippen molar-refractivity contribution in [1.29, 1.82) is 0 Å². The normalized spacial score (nSPS) is 11.4. The van der Waals surface area contributed by atoms with E-state index in [2.05, 4.69) is 0 Å². The maximum Gasteiger partial charge on any atom is 0.511 e. The molecular formula is C12H12NO3S+. The summed E-state index contributed by atoms with van der Waals surface area (Å²) in [5, 5.41) is 0. The zero-order valence-electron chi connectivity index (χ0n) is 9.02. The topological polar surface area (TPSA) is 58.3 Å². The quantitative estimate of drug-likeness (QED) is 0.658. The van der Waals surface area contributed by atoms with E-state index in [0.29, 0.717) is 12.1 Å². The van der Waals surface area contributed by atoms with E-state index in [-0.39, 0.29) is 0 Å². The molecule has 0 aliphatic heterocycles. The number of rotatable bonds is 3. The lowest BCUT2D eigenvalue weighted by molar-refractivity contribution is -0.528. The second kappa shape index (κ2) is 4.65. The Hall–Kier alpha value is -1.72. The standard InChI is InChI=1S/C12H11NO3S/c14-17(15,16)13-9-5-4-8-12(13)10-11-6-2-1-3-7-11/h1-9H,10H2/p+1. The lowest BCUT2D eigenvalue weighted by Crippen LogP contribution is -2.45. The first-order chi connectivity index (χ1) is 8.07. The molecule has 1 aromatic carbocycles. The third kappa shape index (κ3) is 2.89. The average Bonchev–Trinajstić information content (AvgIpc) is 2.30. The van der Waals surface area contributed by atoms with Crippen LogP contribution in [0.15, 0.2) is 54.7 Å². The number of aromatic nitrogens is 1. The first-order valence-corrected chi connectivity index (χ1v) is 6.48. The third-order valence-electron chi connectivity index (χ3n) is 2.38. The van der Waals surface area contributed by atoms with Gasteiger partial charge in [-0.3, -0.25) is 0 Å². The molecule has 4 nitrogen and oxygen atoms in total. The van der Waals surface area contributed by atoms with Crippen molar-refractivity contribution in [2.45, 2.75) is 6.42 Å². The van der Waals surface area contributed by atoms with Crippen LogP contribution >= 0.6 is 0 Å². The van der Waals surface area contributed by atoms with Crippen LogP contribution in [-0.4, -0.2) is 13.0 Å². The first kappa shape index (κ1) is 11.8. The van der Waals surface area contributed by atoms with Crippen LogP contribution in [0.2, 0.25) is 0 Å². The Morgan fingerprint density at radius 3 is 2.29 bits per heavy atom. The van der Waals surface area contributed by atoms with E-state index in [0.717, 1.165) is 9.54 Å². The van der Waals surface area contributed by atoms with E-state index >= 15 is 0 Å². The maximum atomic E-state index is 11.2. The predicted molar refractivity (Wildman–Crippen MR) is 62.8 cm³/mol. The van der Waals surface area contributed by atoms with Crippen LogP contribution in [0.3, 0.4) is 0 Å². The van der Waals surface area contributed by atoms with E-state index in [1.807, 2.05) is 30.3 Å². The zero-order chi connectivity index (χ0) is 12.3. The Kier molecular flexibility index (Phi) is 3.21. The van der Waals surface area contributed by atoms with Gasteiger partial charge in [0.15, 0.2) is 6.20 Å². The largest absolute Gasteiger partial charge is 0.511 e. The summed E-state index contributed by atoms with van der Waals surface area (Å²) in [6, 6.07) is 14.4. The Balaban J connectivity index is 2.41. The molecule has 5 heteroatoms. The second-order valence-corrected chi connectivity index (χ2v) is 4.92. The molecule has 0 bridgehead atoms. The summed E-state index contributed by atoms with van der Waals surface area (Å²) < 4.78 is 32.3. The Labute approximate surface area is 100 Å². The van der Waals surface area contributed by atoms with Crippen LogP contribution in [0.1, 0.15) is 11.3 Å². The minimum Gasteiger partial charge on any atom is -0.233 e. The van der Waals surface area contributed by atoms with Gasteiger partial charge in [-0.25, -0.2) is 4.55 Å². The van der Waals surface area contributed by atoms with Crippen molar-refractivity contribution in [3.63, 3.8) is 0 Å². The molecule has 0 spiro atoms. The summed E-state index contributed by atoms with van der Waals surface area (Å²) in [7, 11) is -4.24. The van der Waals surface area contributed by atoms with Crippen LogP contribution in [0, 0.1) is 0 Å². The number of hydrogen-bond acceptors (Lipinski definition) is 2. The highest BCUT2D eigenvalue weighted by atomic mass is 32.2. The SMILES string of the molecule is O=S(=O)(O)[n+]1ccccc1Cc1ccccc1. The Morgan fingerprint density at radius 1 is 1.00 bits per heavy atom. The first-order valence-electron chi connectivity index (χ1n) is 5.09. The fourth-order valence-corrected chi connectivity index (χ4v) is 2.28. The van der Waals surface area contributed by atoms with Gasteiger partial charge in [0.25, 0.3) is 0 Å². The molecule has 0 radical (unpaired) electrons. The van der Waals surface area contributed by atoms with Gasteiger partial charge in [-0.1, -0.05) is 40.4 Å². The second-order valence-electron chi connectivity index (χ2n) is 3.63. The van der Waals surface area contributed by atoms with Crippen LogP contribution in [0.25, 0.3) is 0 Å². The maximum absolute atomic E-state index is 11.2. The molecule has 2 aromatic rings. The minimum absolute atomic E-state index is 0.446. The fourth-order valence-electron chi connectivity index (χ4n) is 1.63. The summed E-state index contributed by atoms with van der Waals surface area (Å²) in [6.07, 6.45) is 1.77. The summed E-state index contributed by atoms with van der Waals surface area (Å²) in [4.78, 5) is 0. The molecule has 0 fully saturated rings. The van der Waals surface area contributed by atoms with Crippen LogP contribution in [0.4, 0.5) is 0 Å². The van der Waals surface area contributed by atoms with Gasteiger partial charge in [-0.05, 0) is 5.56 Å². The van der Waals surface area contributed by atoms with Crippen molar-refractivity contribution >= 4 is 10.3 Å². The van der Waals surface area contributed by atoms with E-state index in [4.69, 9.17) is 4.55 Å². The van der Waals surface area contributed by atoms with E-state index < -0.39 is 10.3 Å². The summed E-state index contributed by atoms with van der Waals surface area (Å²) in [6.45, 7) is 0. The highest BCUT2D eigenvalue weighted by Gasteiger charge is 2.22. The van der Waals surface area contributed by atoms with Crippen LogP contribution in [0.5, 0.6) is 0 Å². The summed E-state index contributed by atoms with van der Waals surface area (Å²) in [5.41, 5.74) is 1.50. The smallest absolute Gasteiger partial charge is 0.233 e. The molecule has 0 saturated heterocycles. The van der Waals surface area contributed by atoms with Gasteiger partial charge >= 0.3 is 10.3 Å². The number of pyridine rings is 1. The molecule has 1 heterocycles. The fraction of sp³-hybridized carbons (Fsp3) is 0.0833. The van der Waals surface area contributed by atoms with Gasteiger partial charge in [0.1, 0.15) is 0 Å². The number of nitrogens with zero attached hydrogens (tertiary/aromatic N) is 1. The molecule has 0 amide bonds. The highest BCUT2D eigenvalue weighted by Crippen LogP contribution is 2.05. The summed E-state index contributed by atoms with van der Waals surface area (Å²) in [5.74, 6) is 0. The molecule has 2 rings (SSSR count). The summed E-state index contributed by atoms with van der Waals surface area (Å²) >= 11 is 0. The van der Waals surface area contributed by atoms with E-state index in [1.54, 1.807) is 18.2 Å². The Morgan fingerprint density at radius 2 is 1.65 bits per heavy atom. The molecule has 0 aliphatic carbocycles. The lowest BCUT2D eigenvalue weighted by atomic mass is 10.1. The van der Waals surface area contributed by atoms with Gasteiger partial charge in [0, 0.05) is 12.1 Å². The number of benzene rings is 1. The molecule has 0 saturated carbocycles. The highest BCUT2D eigenvalue weighted by molar-refractivity contribution is 7.79. The monoisotopic (exact) mass is 250 g/mol. The van der Waals surface area contributed by atoms with Crippen molar-refractivity contribution in [1.82, 2.24) is 0 Å². The van der Waals surface area contributed by atoms with Crippen molar-refractivity contribution in [3.8, 4) is 0 Å². The molecular weight excluding hydrogens is 238 g/mol. The van der Waals surface area contributed by atoms with Gasteiger partial charge in [-0.15, -0.1) is 8.42 Å². The van der Waals surface area contributed by atoms with Gasteiger partial charge in [0.2, 0.25) is 5.69 Å². The van der Waals surface area contributed by atoms with Crippen molar-refractivity contribution in [3.05, 3.63) is 66.0 Å². The predicted octanol–water partition coefficient (Wildman–Crippen LogP) is 1.22. The molecule has 0 atom stereocenters. The van der Waals surface area contributed by atoms with Crippen molar-refractivity contribution < 1.29 is 16.9 Å². The molecule has 1 aromatic heterocycles. The lowest BCUT2D eigenvalue weighted by Gasteiger charge is -2.00. The molecule has 1 N–H and O–H groups in total. The third-order valence-corrected chi connectivity index (χ3v) is 3.23. The molecule has 0 aliphatic rings. The van der Waals surface area contributed by atoms with Gasteiger partial charge in [-0.2, -0.15) is 0 Å². The molecule has 17 heavy (non-hydrogen) atoms. The molecule has 0 unspecified atom stereocenters. The Bertz CT molecular complexity index is 609. The van der Waals surface area contributed by atoms with E-state index in [1.165, 1.54) is 6.20 Å². The van der Waals surface area contributed by atoms with Crippen LogP contribution < -0.4 is 3.97 Å². The van der Waals surface area contributed by atoms with Crippen molar-refractivity contribution in [2.24, 2.45) is 0 Å². The zero-order valence-corrected chi connectivity index (χ0v) is 9.84. The van der Waals surface area contributed by atoms with Gasteiger partial charge in [0.05, 0.1) is 6.42 Å². The van der Waals surface area contributed by atoms with E-state index in [9.17, 15) is 8.42 Å². The minimum atomic E-state index is -4.24. The molecule has 88 valence electrons. The van der Waals surface area contributed by atoms with Crippen LogP contribution in [-0.2, 0) is 16.7 Å². The van der Waals surface area contributed by atoms with Gasteiger partial charge < -0.3 is 0 Å². The number of hydrogen-bond donors (Lipinski definition) is 1. The van der Waals surface area contributed by atoms with Crippen molar-refractivity contribution in [2.75, 3.05) is 0 Å².